The van der Waals surface area contributed by atoms with Gasteiger partial charge in [-0.1, -0.05) is 6.07 Å². The van der Waals surface area contributed by atoms with Gasteiger partial charge in [0.15, 0.2) is 0 Å². The van der Waals surface area contributed by atoms with Crippen LogP contribution in [0.3, 0.4) is 0 Å². The number of nitrogens with zero attached hydrogens (tertiary/aromatic N) is 2. The minimum absolute atomic E-state index is 0.00591. The van der Waals surface area contributed by atoms with E-state index in [9.17, 15) is 14.9 Å². The molecule has 1 aliphatic heterocycles. The van der Waals surface area contributed by atoms with Crippen LogP contribution in [0.1, 0.15) is 5.56 Å². The maximum absolute atomic E-state index is 11.4. The smallest absolute Gasteiger partial charge is 0.283 e. The van der Waals surface area contributed by atoms with Crippen LogP contribution in [0.4, 0.5) is 5.69 Å². The van der Waals surface area contributed by atoms with E-state index in [-0.39, 0.29) is 12.3 Å². The highest BCUT2D eigenvalue weighted by Crippen LogP contribution is 2.26. The van der Waals surface area contributed by atoms with Crippen LogP contribution < -0.4 is 5.73 Å². The molecule has 108 valence electrons. The van der Waals surface area contributed by atoms with E-state index < -0.39 is 16.9 Å². The quantitative estimate of drug-likeness (QED) is 0.650. The van der Waals surface area contributed by atoms with Crippen LogP contribution in [0.25, 0.3) is 0 Å². The molecule has 2 rings (SSSR count). The van der Waals surface area contributed by atoms with Crippen molar-refractivity contribution in [3.63, 3.8) is 0 Å². The highest BCUT2D eigenvalue weighted by atomic mass is 79.9. The number of amides is 1. The lowest BCUT2D eigenvalue weighted by Crippen LogP contribution is -2.51. The molecule has 0 spiro atoms. The molecule has 0 aromatic heterocycles. The van der Waals surface area contributed by atoms with E-state index in [1.54, 1.807) is 12.1 Å². The van der Waals surface area contributed by atoms with Crippen LogP contribution in [0.5, 0.6) is 0 Å². The van der Waals surface area contributed by atoms with E-state index in [4.69, 9.17) is 10.5 Å². The SMILES string of the molecule is NC(=O)C1COCCN1Cc1ccc(Br)c([N+](=O)[O-])c1. The summed E-state index contributed by atoms with van der Waals surface area (Å²) in [5, 5.41) is 10.9. The summed E-state index contributed by atoms with van der Waals surface area (Å²) in [6, 6.07) is 4.42. The molecule has 1 saturated heterocycles. The first-order valence-corrected chi connectivity index (χ1v) is 6.82. The van der Waals surface area contributed by atoms with Gasteiger partial charge in [-0.05, 0) is 27.6 Å². The first-order valence-electron chi connectivity index (χ1n) is 6.03. The summed E-state index contributed by atoms with van der Waals surface area (Å²) in [5.74, 6) is -0.448. The predicted molar refractivity (Wildman–Crippen MR) is 75.0 cm³/mol. The van der Waals surface area contributed by atoms with E-state index >= 15 is 0 Å². The zero-order valence-electron chi connectivity index (χ0n) is 10.6. The van der Waals surface area contributed by atoms with Gasteiger partial charge in [-0.2, -0.15) is 0 Å². The van der Waals surface area contributed by atoms with E-state index in [0.29, 0.717) is 24.2 Å². The Labute approximate surface area is 124 Å². The Morgan fingerprint density at radius 2 is 2.35 bits per heavy atom. The number of benzene rings is 1. The number of primary amides is 1. The molecule has 1 unspecified atom stereocenters. The molecular formula is C12H14BrN3O4. The molecule has 0 radical (unpaired) electrons. The van der Waals surface area contributed by atoms with Crippen molar-refractivity contribution in [2.24, 2.45) is 5.73 Å². The topological polar surface area (TPSA) is 98.7 Å². The highest BCUT2D eigenvalue weighted by molar-refractivity contribution is 9.10. The molecule has 1 aromatic rings. The third kappa shape index (κ3) is 3.33. The number of ether oxygens (including phenoxy) is 1. The number of nitro benzene ring substituents is 1. The van der Waals surface area contributed by atoms with Gasteiger partial charge in [0.2, 0.25) is 5.91 Å². The maximum atomic E-state index is 11.4. The molecule has 0 aliphatic carbocycles. The number of carbonyl (C=O) groups excluding carboxylic acids is 1. The minimum atomic E-state index is -0.494. The number of morpholine rings is 1. The summed E-state index contributed by atoms with van der Waals surface area (Å²) >= 11 is 3.14. The lowest BCUT2D eigenvalue weighted by atomic mass is 10.1. The van der Waals surface area contributed by atoms with E-state index in [0.717, 1.165) is 5.56 Å². The van der Waals surface area contributed by atoms with Crippen LogP contribution in [0.15, 0.2) is 22.7 Å². The minimum Gasteiger partial charge on any atom is -0.378 e. The first kappa shape index (κ1) is 14.9. The largest absolute Gasteiger partial charge is 0.378 e. The molecule has 1 atom stereocenters. The predicted octanol–water partition coefficient (Wildman–Crippen LogP) is 1.04. The Morgan fingerprint density at radius 1 is 1.60 bits per heavy atom. The molecule has 8 heteroatoms. The van der Waals surface area contributed by atoms with Gasteiger partial charge in [0.25, 0.3) is 5.69 Å². The third-order valence-electron chi connectivity index (χ3n) is 3.16. The van der Waals surface area contributed by atoms with Gasteiger partial charge in [-0.25, -0.2) is 0 Å². The Kier molecular flexibility index (Phi) is 4.69. The molecule has 2 N–H and O–H groups in total. The van der Waals surface area contributed by atoms with Gasteiger partial charge in [0, 0.05) is 19.2 Å². The van der Waals surface area contributed by atoms with E-state index in [1.165, 1.54) is 6.07 Å². The second-order valence-corrected chi connectivity index (χ2v) is 5.36. The molecule has 1 heterocycles. The zero-order chi connectivity index (χ0) is 14.7. The van der Waals surface area contributed by atoms with Crippen LogP contribution >= 0.6 is 15.9 Å². The van der Waals surface area contributed by atoms with Crippen molar-refractivity contribution in [3.8, 4) is 0 Å². The Bertz CT molecular complexity index is 537. The van der Waals surface area contributed by atoms with Crippen LogP contribution in [0, 0.1) is 10.1 Å². The van der Waals surface area contributed by atoms with Crippen molar-refractivity contribution in [3.05, 3.63) is 38.3 Å². The fourth-order valence-electron chi connectivity index (χ4n) is 2.12. The molecule has 20 heavy (non-hydrogen) atoms. The number of hydrogen-bond acceptors (Lipinski definition) is 5. The monoisotopic (exact) mass is 343 g/mol. The van der Waals surface area contributed by atoms with Crippen molar-refractivity contribution in [2.45, 2.75) is 12.6 Å². The van der Waals surface area contributed by atoms with Crippen LogP contribution in [-0.4, -0.2) is 41.5 Å². The summed E-state index contributed by atoms with van der Waals surface area (Å²) in [5.41, 5.74) is 6.10. The number of hydrogen-bond donors (Lipinski definition) is 1. The van der Waals surface area contributed by atoms with Crippen molar-refractivity contribution >= 4 is 27.5 Å². The lowest BCUT2D eigenvalue weighted by molar-refractivity contribution is -0.385. The summed E-state index contributed by atoms with van der Waals surface area (Å²) < 4.78 is 5.66. The summed E-state index contributed by atoms with van der Waals surface area (Å²) in [6.45, 7) is 1.76. The molecular weight excluding hydrogens is 330 g/mol. The molecule has 7 nitrogen and oxygen atoms in total. The molecule has 1 amide bonds. The normalized spacial score (nSPS) is 19.8. The zero-order valence-corrected chi connectivity index (χ0v) is 12.2. The number of nitro groups is 1. The van der Waals surface area contributed by atoms with Crippen molar-refractivity contribution in [1.29, 1.82) is 0 Å². The van der Waals surface area contributed by atoms with Gasteiger partial charge in [-0.3, -0.25) is 19.8 Å². The first-order chi connectivity index (χ1) is 9.49. The van der Waals surface area contributed by atoms with Crippen molar-refractivity contribution in [2.75, 3.05) is 19.8 Å². The number of halogens is 1. The second-order valence-electron chi connectivity index (χ2n) is 4.51. The highest BCUT2D eigenvalue weighted by Gasteiger charge is 2.28. The Morgan fingerprint density at radius 3 is 3.00 bits per heavy atom. The van der Waals surface area contributed by atoms with Crippen molar-refractivity contribution < 1.29 is 14.5 Å². The maximum Gasteiger partial charge on any atom is 0.283 e. The van der Waals surface area contributed by atoms with Gasteiger partial charge < -0.3 is 10.5 Å². The van der Waals surface area contributed by atoms with Crippen LogP contribution in [-0.2, 0) is 16.1 Å². The molecule has 1 aromatic carbocycles. The van der Waals surface area contributed by atoms with E-state index in [2.05, 4.69) is 15.9 Å². The van der Waals surface area contributed by atoms with Gasteiger partial charge >= 0.3 is 0 Å². The third-order valence-corrected chi connectivity index (χ3v) is 3.83. The summed E-state index contributed by atoms with van der Waals surface area (Å²) in [4.78, 5) is 23.7. The number of carbonyl (C=O) groups is 1. The second kappa shape index (κ2) is 6.29. The van der Waals surface area contributed by atoms with Gasteiger partial charge in [0.1, 0.15) is 6.04 Å². The van der Waals surface area contributed by atoms with Crippen LogP contribution in [0.2, 0.25) is 0 Å². The standard InChI is InChI=1S/C12H14BrN3O4/c13-9-2-1-8(5-10(9)16(18)19)6-15-3-4-20-7-11(15)12(14)17/h1-2,5,11H,3-4,6-7H2,(H2,14,17). The fraction of sp³-hybridized carbons (Fsp3) is 0.417. The lowest BCUT2D eigenvalue weighted by Gasteiger charge is -2.33. The van der Waals surface area contributed by atoms with Crippen molar-refractivity contribution in [1.82, 2.24) is 4.90 Å². The van der Waals surface area contributed by atoms with Gasteiger partial charge in [0.05, 0.1) is 22.6 Å². The molecule has 1 aliphatic rings. The molecule has 0 saturated carbocycles. The van der Waals surface area contributed by atoms with E-state index in [1.807, 2.05) is 4.90 Å². The fourth-order valence-corrected chi connectivity index (χ4v) is 2.51. The summed E-state index contributed by atoms with van der Waals surface area (Å²) in [6.07, 6.45) is 0. The summed E-state index contributed by atoms with van der Waals surface area (Å²) in [7, 11) is 0. The molecule has 1 fully saturated rings. The van der Waals surface area contributed by atoms with Gasteiger partial charge in [-0.15, -0.1) is 0 Å². The number of rotatable bonds is 4. The molecule has 0 bridgehead atoms. The average Bonchev–Trinajstić information content (AvgIpc) is 2.41. The Balaban J connectivity index is 2.18. The average molecular weight is 344 g/mol. The number of nitrogens with two attached hydrogens (primary N) is 1. The Hall–Kier alpha value is -1.51.